The van der Waals surface area contributed by atoms with Gasteiger partial charge < -0.3 is 20.5 Å². The number of hydrogen-bond donors (Lipinski definition) is 2. The van der Waals surface area contributed by atoms with Crippen molar-refractivity contribution < 1.29 is 14.3 Å². The van der Waals surface area contributed by atoms with Crippen LogP contribution in [0.25, 0.3) is 0 Å². The van der Waals surface area contributed by atoms with Gasteiger partial charge in [-0.05, 0) is 12.8 Å². The third-order valence-corrected chi connectivity index (χ3v) is 2.85. The summed E-state index contributed by atoms with van der Waals surface area (Å²) in [6.07, 6.45) is 8.08. The number of amides is 1. The highest BCUT2D eigenvalue weighted by Crippen LogP contribution is 2.12. The van der Waals surface area contributed by atoms with Crippen LogP contribution in [0.4, 0.5) is 0 Å². The fraction of sp³-hybridized carbons (Fsp3) is 0.583. The first-order valence-corrected chi connectivity index (χ1v) is 5.61. The first kappa shape index (κ1) is 13.9. The van der Waals surface area contributed by atoms with Gasteiger partial charge in [0, 0.05) is 20.8 Å². The van der Waals surface area contributed by atoms with Crippen LogP contribution < -0.4 is 11.1 Å². The van der Waals surface area contributed by atoms with E-state index in [4.69, 9.17) is 15.2 Å². The van der Waals surface area contributed by atoms with Crippen LogP contribution in [0.1, 0.15) is 12.8 Å². The summed E-state index contributed by atoms with van der Waals surface area (Å²) in [5.41, 5.74) is 6.68. The van der Waals surface area contributed by atoms with Gasteiger partial charge in [-0.3, -0.25) is 4.79 Å². The SMILES string of the molecule is COC(CN)(OC)C(=O)NCC1=CC=CCC1. The van der Waals surface area contributed by atoms with E-state index in [9.17, 15) is 4.79 Å². The molecule has 0 saturated heterocycles. The summed E-state index contributed by atoms with van der Waals surface area (Å²) < 4.78 is 10.1. The molecule has 0 aliphatic heterocycles. The van der Waals surface area contributed by atoms with Crippen LogP contribution in [0.2, 0.25) is 0 Å². The van der Waals surface area contributed by atoms with E-state index < -0.39 is 5.79 Å². The second kappa shape index (κ2) is 6.54. The number of nitrogens with one attached hydrogen (secondary N) is 1. The maximum atomic E-state index is 11.9. The van der Waals surface area contributed by atoms with Gasteiger partial charge in [0.1, 0.15) is 0 Å². The quantitative estimate of drug-likeness (QED) is 0.656. The Bertz CT molecular complexity index is 311. The molecule has 0 fully saturated rings. The molecule has 1 aliphatic rings. The first-order valence-electron chi connectivity index (χ1n) is 5.61. The highest BCUT2D eigenvalue weighted by molar-refractivity contribution is 5.84. The summed E-state index contributed by atoms with van der Waals surface area (Å²) in [7, 11) is 2.80. The average molecular weight is 240 g/mol. The molecule has 3 N–H and O–H groups in total. The minimum Gasteiger partial charge on any atom is -0.348 e. The molecule has 1 rings (SSSR count). The van der Waals surface area contributed by atoms with Gasteiger partial charge >= 0.3 is 0 Å². The van der Waals surface area contributed by atoms with E-state index in [2.05, 4.69) is 11.4 Å². The molecule has 0 aromatic rings. The number of ether oxygens (including phenoxy) is 2. The van der Waals surface area contributed by atoms with Crippen LogP contribution in [-0.4, -0.2) is 39.0 Å². The lowest BCUT2D eigenvalue weighted by Crippen LogP contribution is -2.55. The third-order valence-electron chi connectivity index (χ3n) is 2.85. The lowest BCUT2D eigenvalue weighted by atomic mass is 10.1. The number of methoxy groups -OCH3 is 2. The van der Waals surface area contributed by atoms with Crippen molar-refractivity contribution in [2.75, 3.05) is 27.3 Å². The molecule has 17 heavy (non-hydrogen) atoms. The highest BCUT2D eigenvalue weighted by atomic mass is 16.7. The van der Waals surface area contributed by atoms with E-state index in [-0.39, 0.29) is 12.5 Å². The molecule has 0 unspecified atom stereocenters. The Morgan fingerprint density at radius 3 is 2.71 bits per heavy atom. The molecular formula is C12H20N2O3. The van der Waals surface area contributed by atoms with E-state index in [0.717, 1.165) is 12.8 Å². The van der Waals surface area contributed by atoms with Crippen LogP contribution in [-0.2, 0) is 14.3 Å². The van der Waals surface area contributed by atoms with Crippen LogP contribution >= 0.6 is 0 Å². The third kappa shape index (κ3) is 3.39. The normalized spacial score (nSPS) is 15.6. The number of allylic oxidation sites excluding steroid dienone is 3. The van der Waals surface area contributed by atoms with Crippen LogP contribution in [0, 0.1) is 0 Å². The van der Waals surface area contributed by atoms with Crippen molar-refractivity contribution in [1.29, 1.82) is 0 Å². The summed E-state index contributed by atoms with van der Waals surface area (Å²) in [6.45, 7) is 0.475. The molecule has 1 amide bonds. The monoisotopic (exact) mass is 240 g/mol. The maximum Gasteiger partial charge on any atom is 0.281 e. The minimum absolute atomic E-state index is 0.0230. The highest BCUT2D eigenvalue weighted by Gasteiger charge is 2.37. The van der Waals surface area contributed by atoms with Crippen LogP contribution in [0.5, 0.6) is 0 Å². The van der Waals surface area contributed by atoms with Gasteiger partial charge in [0.2, 0.25) is 0 Å². The average Bonchev–Trinajstić information content (AvgIpc) is 2.40. The number of rotatable bonds is 6. The molecule has 96 valence electrons. The predicted molar refractivity (Wildman–Crippen MR) is 65.3 cm³/mol. The second-order valence-electron chi connectivity index (χ2n) is 3.84. The van der Waals surface area contributed by atoms with Crippen LogP contribution in [0.3, 0.4) is 0 Å². The Hall–Kier alpha value is -1.17. The Morgan fingerprint density at radius 1 is 1.53 bits per heavy atom. The molecule has 0 radical (unpaired) electrons. The predicted octanol–water partition coefficient (Wildman–Crippen LogP) is 0.327. The minimum atomic E-state index is -1.38. The maximum absolute atomic E-state index is 11.9. The Labute approximate surface area is 102 Å². The molecule has 1 aliphatic carbocycles. The smallest absolute Gasteiger partial charge is 0.281 e. The summed E-state index contributed by atoms with van der Waals surface area (Å²) in [5.74, 6) is -1.73. The fourth-order valence-corrected chi connectivity index (χ4v) is 1.66. The molecular weight excluding hydrogens is 220 g/mol. The van der Waals surface area contributed by atoms with Crippen molar-refractivity contribution >= 4 is 5.91 Å². The Morgan fingerprint density at radius 2 is 2.24 bits per heavy atom. The first-order chi connectivity index (χ1) is 8.18. The molecule has 0 aromatic heterocycles. The van der Waals surface area contributed by atoms with Gasteiger partial charge in [0.25, 0.3) is 11.7 Å². The number of carbonyl (C=O) groups excluding carboxylic acids is 1. The lowest BCUT2D eigenvalue weighted by molar-refractivity contribution is -0.204. The van der Waals surface area contributed by atoms with Gasteiger partial charge in [-0.2, -0.15) is 0 Å². The summed E-state index contributed by atoms with van der Waals surface area (Å²) in [5, 5.41) is 2.77. The van der Waals surface area contributed by atoms with E-state index in [0.29, 0.717) is 6.54 Å². The van der Waals surface area contributed by atoms with E-state index in [1.54, 1.807) is 0 Å². The van der Waals surface area contributed by atoms with E-state index in [1.165, 1.54) is 19.8 Å². The van der Waals surface area contributed by atoms with Crippen molar-refractivity contribution in [3.05, 3.63) is 23.8 Å². The molecule has 0 atom stereocenters. The zero-order valence-corrected chi connectivity index (χ0v) is 10.4. The summed E-state index contributed by atoms with van der Waals surface area (Å²) in [6, 6.07) is 0. The molecule has 5 heteroatoms. The molecule has 5 nitrogen and oxygen atoms in total. The zero-order valence-electron chi connectivity index (χ0n) is 10.4. The van der Waals surface area contributed by atoms with Crippen molar-refractivity contribution in [3.63, 3.8) is 0 Å². The second-order valence-corrected chi connectivity index (χ2v) is 3.84. The molecule has 0 saturated carbocycles. The lowest BCUT2D eigenvalue weighted by Gasteiger charge is -2.28. The van der Waals surface area contributed by atoms with E-state index in [1.807, 2.05) is 12.2 Å². The summed E-state index contributed by atoms with van der Waals surface area (Å²) in [4.78, 5) is 11.9. The van der Waals surface area contributed by atoms with Crippen molar-refractivity contribution in [3.8, 4) is 0 Å². The molecule has 0 aromatic carbocycles. The summed E-state index contributed by atoms with van der Waals surface area (Å²) >= 11 is 0. The van der Waals surface area contributed by atoms with Crippen molar-refractivity contribution in [2.45, 2.75) is 18.6 Å². The van der Waals surface area contributed by atoms with Gasteiger partial charge in [0.05, 0.1) is 6.54 Å². The van der Waals surface area contributed by atoms with Gasteiger partial charge in [-0.15, -0.1) is 0 Å². The number of carbonyl (C=O) groups is 1. The van der Waals surface area contributed by atoms with Crippen molar-refractivity contribution in [2.24, 2.45) is 5.73 Å². The molecule has 0 spiro atoms. The van der Waals surface area contributed by atoms with E-state index >= 15 is 0 Å². The van der Waals surface area contributed by atoms with Gasteiger partial charge in [-0.1, -0.05) is 23.8 Å². The topological polar surface area (TPSA) is 73.6 Å². The fourth-order valence-electron chi connectivity index (χ4n) is 1.66. The molecule has 0 heterocycles. The number of nitrogens with two attached hydrogens (primary N) is 1. The Balaban J connectivity index is 2.53. The molecule has 0 bridgehead atoms. The Kier molecular flexibility index (Phi) is 5.34. The largest absolute Gasteiger partial charge is 0.348 e. The standard InChI is InChI=1S/C12H20N2O3/c1-16-12(9-13,17-2)11(15)14-8-10-6-4-3-5-7-10/h3-4,6H,5,7-9,13H2,1-2H3,(H,14,15). The van der Waals surface area contributed by atoms with Gasteiger partial charge in [-0.25, -0.2) is 0 Å². The number of hydrogen-bond acceptors (Lipinski definition) is 4. The van der Waals surface area contributed by atoms with Crippen LogP contribution in [0.15, 0.2) is 23.8 Å². The van der Waals surface area contributed by atoms with Gasteiger partial charge in [0.15, 0.2) is 0 Å². The zero-order chi connectivity index (χ0) is 12.7. The van der Waals surface area contributed by atoms with Crippen molar-refractivity contribution in [1.82, 2.24) is 5.32 Å².